The predicted molar refractivity (Wildman–Crippen MR) is 115 cm³/mol. The molecule has 1 aliphatic heterocycles. The largest absolute Gasteiger partial charge is 0.369 e. The first-order valence-corrected chi connectivity index (χ1v) is 9.98. The van der Waals surface area contributed by atoms with E-state index in [0.717, 1.165) is 28.9 Å². The number of benzene rings is 2. The zero-order chi connectivity index (χ0) is 21.1. The SMILES string of the molecule is CN1Cc2ncnc(NCCc3ccc(F)cc3)c2CN(c2ccc(Cl)cc2)C1=O. The van der Waals surface area contributed by atoms with Crippen LogP contribution in [0.4, 0.5) is 20.7 Å². The van der Waals surface area contributed by atoms with Crippen molar-refractivity contribution >= 4 is 29.1 Å². The highest BCUT2D eigenvalue weighted by molar-refractivity contribution is 6.30. The van der Waals surface area contributed by atoms with Gasteiger partial charge in [-0.15, -0.1) is 0 Å². The maximum Gasteiger partial charge on any atom is 0.324 e. The Kier molecular flexibility index (Phi) is 5.81. The minimum atomic E-state index is -0.246. The van der Waals surface area contributed by atoms with Gasteiger partial charge < -0.3 is 10.2 Å². The fraction of sp³-hybridized carbons (Fsp3) is 0.227. The molecule has 4 rings (SSSR count). The smallest absolute Gasteiger partial charge is 0.324 e. The number of aromatic nitrogens is 2. The van der Waals surface area contributed by atoms with Crippen molar-refractivity contribution in [2.75, 3.05) is 23.8 Å². The van der Waals surface area contributed by atoms with Crippen LogP contribution in [0.5, 0.6) is 0 Å². The van der Waals surface area contributed by atoms with Gasteiger partial charge in [-0.3, -0.25) is 4.90 Å². The van der Waals surface area contributed by atoms with Gasteiger partial charge in [0.15, 0.2) is 0 Å². The molecule has 0 aliphatic carbocycles. The first kappa shape index (κ1) is 20.1. The van der Waals surface area contributed by atoms with Crippen molar-refractivity contribution in [1.29, 1.82) is 0 Å². The first-order chi connectivity index (χ1) is 14.5. The summed E-state index contributed by atoms with van der Waals surface area (Å²) >= 11 is 6.01. The molecule has 2 aromatic carbocycles. The Morgan fingerprint density at radius 3 is 2.53 bits per heavy atom. The van der Waals surface area contributed by atoms with E-state index >= 15 is 0 Å². The van der Waals surface area contributed by atoms with Crippen LogP contribution in [0, 0.1) is 5.82 Å². The molecule has 2 heterocycles. The molecule has 30 heavy (non-hydrogen) atoms. The monoisotopic (exact) mass is 425 g/mol. The summed E-state index contributed by atoms with van der Waals surface area (Å²) in [5, 5.41) is 3.96. The second-order valence-electron chi connectivity index (χ2n) is 7.15. The molecule has 1 N–H and O–H groups in total. The number of urea groups is 1. The van der Waals surface area contributed by atoms with Crippen molar-refractivity contribution in [2.24, 2.45) is 0 Å². The molecular weight excluding hydrogens is 405 g/mol. The van der Waals surface area contributed by atoms with E-state index in [4.69, 9.17) is 11.6 Å². The number of nitrogens with zero attached hydrogens (tertiary/aromatic N) is 4. The minimum Gasteiger partial charge on any atom is -0.369 e. The lowest BCUT2D eigenvalue weighted by Crippen LogP contribution is -2.38. The zero-order valence-electron chi connectivity index (χ0n) is 16.5. The summed E-state index contributed by atoms with van der Waals surface area (Å²) in [6, 6.07) is 13.5. The van der Waals surface area contributed by atoms with Crippen LogP contribution in [0.25, 0.3) is 0 Å². The number of nitrogens with one attached hydrogen (secondary N) is 1. The Hall–Kier alpha value is -3.19. The van der Waals surface area contributed by atoms with Crippen molar-refractivity contribution in [3.05, 3.63) is 82.5 Å². The molecule has 2 amide bonds. The highest BCUT2D eigenvalue weighted by atomic mass is 35.5. The Labute approximate surface area is 179 Å². The van der Waals surface area contributed by atoms with Crippen LogP contribution < -0.4 is 10.2 Å². The number of halogens is 2. The minimum absolute atomic E-state index is 0.118. The lowest BCUT2D eigenvalue weighted by molar-refractivity contribution is 0.214. The van der Waals surface area contributed by atoms with Crippen LogP contribution in [0.1, 0.15) is 16.8 Å². The number of fused-ring (bicyclic) bond motifs is 1. The Morgan fingerprint density at radius 2 is 1.80 bits per heavy atom. The van der Waals surface area contributed by atoms with Gasteiger partial charge in [-0.2, -0.15) is 0 Å². The lowest BCUT2D eigenvalue weighted by atomic mass is 10.1. The standard InChI is InChI=1S/C22H21ClFN5O/c1-28-13-20-19(12-29(22(28)30)18-8-4-16(23)5-9-18)21(27-14-26-20)25-11-10-15-2-6-17(24)7-3-15/h2-9,14H,10-13H2,1H3,(H,25,26,27). The molecule has 0 fully saturated rings. The van der Waals surface area contributed by atoms with Crippen LogP contribution in [0.15, 0.2) is 54.9 Å². The Bertz CT molecular complexity index is 1040. The van der Waals surface area contributed by atoms with Crippen molar-refractivity contribution in [3.8, 4) is 0 Å². The van der Waals surface area contributed by atoms with Gasteiger partial charge in [0.1, 0.15) is 18.0 Å². The molecule has 6 nitrogen and oxygen atoms in total. The molecule has 0 saturated heterocycles. The Balaban J connectivity index is 1.57. The van der Waals surface area contributed by atoms with Crippen LogP contribution in [-0.2, 0) is 19.5 Å². The number of anilines is 2. The molecule has 0 saturated carbocycles. The van der Waals surface area contributed by atoms with Gasteiger partial charge in [0.25, 0.3) is 0 Å². The average molecular weight is 426 g/mol. The number of rotatable bonds is 5. The summed E-state index contributed by atoms with van der Waals surface area (Å²) in [6.07, 6.45) is 2.23. The molecule has 3 aromatic rings. The summed E-state index contributed by atoms with van der Waals surface area (Å²) in [5.41, 5.74) is 3.47. The van der Waals surface area contributed by atoms with Gasteiger partial charge in [-0.05, 0) is 48.4 Å². The van der Waals surface area contributed by atoms with E-state index in [2.05, 4.69) is 15.3 Å². The Morgan fingerprint density at radius 1 is 1.07 bits per heavy atom. The molecule has 8 heteroatoms. The molecule has 0 radical (unpaired) electrons. The fourth-order valence-corrected chi connectivity index (χ4v) is 3.55. The van der Waals surface area contributed by atoms with Crippen molar-refractivity contribution in [3.63, 3.8) is 0 Å². The number of hydrogen-bond acceptors (Lipinski definition) is 4. The van der Waals surface area contributed by atoms with E-state index in [0.29, 0.717) is 30.5 Å². The highest BCUT2D eigenvalue weighted by Gasteiger charge is 2.28. The number of carbonyl (C=O) groups excluding carboxylic acids is 1. The second kappa shape index (κ2) is 8.67. The van der Waals surface area contributed by atoms with Crippen molar-refractivity contribution in [2.45, 2.75) is 19.5 Å². The van der Waals surface area contributed by atoms with Crippen LogP contribution in [0.2, 0.25) is 5.02 Å². The summed E-state index contributed by atoms with van der Waals surface area (Å²) in [4.78, 5) is 25.1. The first-order valence-electron chi connectivity index (χ1n) is 9.60. The van der Waals surface area contributed by atoms with Gasteiger partial charge >= 0.3 is 6.03 Å². The van der Waals surface area contributed by atoms with E-state index in [9.17, 15) is 9.18 Å². The fourth-order valence-electron chi connectivity index (χ4n) is 3.43. The molecule has 1 aromatic heterocycles. The lowest BCUT2D eigenvalue weighted by Gasteiger charge is -2.25. The molecule has 1 aliphatic rings. The molecular formula is C22H21ClFN5O. The van der Waals surface area contributed by atoms with E-state index in [1.165, 1.54) is 18.5 Å². The third-order valence-electron chi connectivity index (χ3n) is 5.05. The number of hydrogen-bond donors (Lipinski definition) is 1. The van der Waals surface area contributed by atoms with E-state index < -0.39 is 0 Å². The third kappa shape index (κ3) is 4.36. The topological polar surface area (TPSA) is 61.4 Å². The van der Waals surface area contributed by atoms with E-state index in [-0.39, 0.29) is 11.8 Å². The third-order valence-corrected chi connectivity index (χ3v) is 5.30. The molecule has 0 spiro atoms. The maximum absolute atomic E-state index is 13.1. The van der Waals surface area contributed by atoms with Gasteiger partial charge in [0, 0.05) is 29.9 Å². The molecule has 154 valence electrons. The number of amides is 2. The van der Waals surface area contributed by atoms with Crippen molar-refractivity contribution < 1.29 is 9.18 Å². The predicted octanol–water partition coefficient (Wildman–Crippen LogP) is 4.50. The van der Waals surface area contributed by atoms with Gasteiger partial charge in [0.05, 0.1) is 18.8 Å². The van der Waals surface area contributed by atoms with Gasteiger partial charge in [-0.1, -0.05) is 23.7 Å². The van der Waals surface area contributed by atoms with Gasteiger partial charge in [-0.25, -0.2) is 19.2 Å². The van der Waals surface area contributed by atoms with Crippen LogP contribution >= 0.6 is 11.6 Å². The second-order valence-corrected chi connectivity index (χ2v) is 7.59. The summed E-state index contributed by atoms with van der Waals surface area (Å²) in [5.74, 6) is 0.452. The van der Waals surface area contributed by atoms with Gasteiger partial charge in [0.2, 0.25) is 0 Å². The van der Waals surface area contributed by atoms with E-state index in [1.54, 1.807) is 41.1 Å². The van der Waals surface area contributed by atoms with Crippen LogP contribution in [-0.4, -0.2) is 34.5 Å². The van der Waals surface area contributed by atoms with Crippen molar-refractivity contribution in [1.82, 2.24) is 14.9 Å². The quantitative estimate of drug-likeness (QED) is 0.654. The highest BCUT2D eigenvalue weighted by Crippen LogP contribution is 2.28. The summed E-state index contributed by atoms with van der Waals surface area (Å²) in [6.45, 7) is 1.37. The van der Waals surface area contributed by atoms with E-state index in [1.807, 2.05) is 12.1 Å². The number of carbonyl (C=O) groups is 1. The molecule has 0 bridgehead atoms. The van der Waals surface area contributed by atoms with Crippen LogP contribution in [0.3, 0.4) is 0 Å². The summed E-state index contributed by atoms with van der Waals surface area (Å²) in [7, 11) is 1.75. The molecule has 0 unspecified atom stereocenters. The normalized spacial score (nSPS) is 13.8. The zero-order valence-corrected chi connectivity index (χ0v) is 17.2. The molecule has 0 atom stereocenters. The average Bonchev–Trinajstić information content (AvgIpc) is 2.87. The maximum atomic E-state index is 13.1. The summed E-state index contributed by atoms with van der Waals surface area (Å²) < 4.78 is 13.1.